The van der Waals surface area contributed by atoms with Crippen molar-refractivity contribution in [3.8, 4) is 5.75 Å². The van der Waals surface area contributed by atoms with E-state index < -0.39 is 0 Å². The van der Waals surface area contributed by atoms with Gasteiger partial charge in [-0.3, -0.25) is 9.59 Å². The average molecular weight is 334 g/mol. The number of anilines is 2. The lowest BCUT2D eigenvalue weighted by atomic mass is 10.1. The maximum atomic E-state index is 12.3. The number of phenolic OH excluding ortho intramolecular Hbond substituents is 1. The van der Waals surface area contributed by atoms with Crippen molar-refractivity contribution in [1.82, 2.24) is 0 Å². The van der Waals surface area contributed by atoms with Crippen LogP contribution in [0.15, 0.2) is 60.7 Å². The Balaban J connectivity index is 1.73. The van der Waals surface area contributed by atoms with E-state index in [-0.39, 0.29) is 24.0 Å². The van der Waals surface area contributed by atoms with Gasteiger partial charge in [-0.15, -0.1) is 0 Å². The molecule has 0 aliphatic carbocycles. The molecule has 0 unspecified atom stereocenters. The number of nitrogens with one attached hydrogen (secondary N) is 2. The third-order valence-corrected chi connectivity index (χ3v) is 3.81. The normalized spacial score (nSPS) is 10.4. The van der Waals surface area contributed by atoms with Crippen LogP contribution in [0.3, 0.4) is 0 Å². The van der Waals surface area contributed by atoms with Gasteiger partial charge < -0.3 is 15.7 Å². The fourth-order valence-electron chi connectivity index (χ4n) is 2.69. The highest BCUT2D eigenvalue weighted by atomic mass is 16.3. The second kappa shape index (κ2) is 7.05. The van der Waals surface area contributed by atoms with Crippen LogP contribution in [0.2, 0.25) is 0 Å². The molecule has 0 spiro atoms. The molecule has 0 saturated carbocycles. The summed E-state index contributed by atoms with van der Waals surface area (Å²) < 4.78 is 0. The summed E-state index contributed by atoms with van der Waals surface area (Å²) in [4.78, 5) is 23.3. The van der Waals surface area contributed by atoms with Crippen LogP contribution in [0.25, 0.3) is 10.8 Å². The van der Waals surface area contributed by atoms with E-state index in [1.807, 2.05) is 6.07 Å². The van der Waals surface area contributed by atoms with Crippen LogP contribution in [0.1, 0.15) is 12.5 Å². The molecule has 0 aliphatic heterocycles. The van der Waals surface area contributed by atoms with Crippen molar-refractivity contribution in [2.75, 3.05) is 10.6 Å². The van der Waals surface area contributed by atoms with Gasteiger partial charge in [-0.05, 0) is 29.8 Å². The van der Waals surface area contributed by atoms with E-state index in [1.54, 1.807) is 54.6 Å². The SMILES string of the molecule is CC(=O)Nc1ccc(CC(=O)Nc2cccc3c(O)cccc23)cc1. The van der Waals surface area contributed by atoms with Crippen LogP contribution in [-0.2, 0) is 16.0 Å². The molecule has 3 aromatic rings. The van der Waals surface area contributed by atoms with Crippen LogP contribution in [-0.4, -0.2) is 16.9 Å². The van der Waals surface area contributed by atoms with Crippen LogP contribution >= 0.6 is 0 Å². The molecule has 0 atom stereocenters. The molecule has 2 amide bonds. The van der Waals surface area contributed by atoms with E-state index in [1.165, 1.54) is 6.92 Å². The molecule has 0 aliphatic rings. The van der Waals surface area contributed by atoms with Gasteiger partial charge in [-0.1, -0.05) is 36.4 Å². The molecule has 3 aromatic carbocycles. The lowest BCUT2D eigenvalue weighted by molar-refractivity contribution is -0.116. The maximum absolute atomic E-state index is 12.3. The molecule has 0 saturated heterocycles. The minimum atomic E-state index is -0.150. The van der Waals surface area contributed by atoms with Gasteiger partial charge in [-0.25, -0.2) is 0 Å². The number of rotatable bonds is 4. The van der Waals surface area contributed by atoms with Crippen molar-refractivity contribution in [1.29, 1.82) is 0 Å². The summed E-state index contributed by atoms with van der Waals surface area (Å²) in [6.45, 7) is 1.45. The highest BCUT2D eigenvalue weighted by Gasteiger charge is 2.08. The van der Waals surface area contributed by atoms with E-state index >= 15 is 0 Å². The van der Waals surface area contributed by atoms with Gasteiger partial charge in [0.15, 0.2) is 0 Å². The third kappa shape index (κ3) is 3.95. The number of fused-ring (bicyclic) bond motifs is 1. The second-order valence-corrected chi connectivity index (χ2v) is 5.78. The Morgan fingerprint density at radius 1 is 0.880 bits per heavy atom. The van der Waals surface area contributed by atoms with Gasteiger partial charge in [0.2, 0.25) is 11.8 Å². The number of carbonyl (C=O) groups excluding carboxylic acids is 2. The smallest absolute Gasteiger partial charge is 0.228 e. The summed E-state index contributed by atoms with van der Waals surface area (Å²) in [6.07, 6.45) is 0.218. The largest absolute Gasteiger partial charge is 0.507 e. The maximum Gasteiger partial charge on any atom is 0.228 e. The van der Waals surface area contributed by atoms with Gasteiger partial charge >= 0.3 is 0 Å². The summed E-state index contributed by atoms with van der Waals surface area (Å²) in [5.41, 5.74) is 2.20. The second-order valence-electron chi connectivity index (χ2n) is 5.78. The molecule has 0 bridgehead atoms. The Hall–Kier alpha value is -3.34. The Morgan fingerprint density at radius 3 is 2.28 bits per heavy atom. The summed E-state index contributed by atoms with van der Waals surface area (Å²) in [6, 6.07) is 17.8. The number of carbonyl (C=O) groups is 2. The zero-order chi connectivity index (χ0) is 17.8. The van der Waals surface area contributed by atoms with Crippen molar-refractivity contribution < 1.29 is 14.7 Å². The first-order valence-electron chi connectivity index (χ1n) is 7.90. The van der Waals surface area contributed by atoms with Crippen molar-refractivity contribution in [2.45, 2.75) is 13.3 Å². The highest BCUT2D eigenvalue weighted by molar-refractivity contribution is 6.04. The van der Waals surface area contributed by atoms with Gasteiger partial charge in [0, 0.05) is 29.1 Å². The molecule has 0 heterocycles. The van der Waals surface area contributed by atoms with Crippen LogP contribution in [0.4, 0.5) is 11.4 Å². The van der Waals surface area contributed by atoms with E-state index in [0.717, 1.165) is 10.9 Å². The van der Waals surface area contributed by atoms with Gasteiger partial charge in [-0.2, -0.15) is 0 Å². The fourth-order valence-corrected chi connectivity index (χ4v) is 2.69. The van der Waals surface area contributed by atoms with Crippen molar-refractivity contribution in [3.63, 3.8) is 0 Å². The lowest BCUT2D eigenvalue weighted by Crippen LogP contribution is -2.14. The Kier molecular flexibility index (Phi) is 4.66. The first kappa shape index (κ1) is 16.5. The third-order valence-electron chi connectivity index (χ3n) is 3.81. The van der Waals surface area contributed by atoms with Crippen molar-refractivity contribution >= 4 is 34.0 Å². The summed E-state index contributed by atoms with van der Waals surface area (Å²) in [7, 11) is 0. The quantitative estimate of drug-likeness (QED) is 0.681. The number of hydrogen-bond acceptors (Lipinski definition) is 3. The van der Waals surface area contributed by atoms with Gasteiger partial charge in [0.25, 0.3) is 0 Å². The Morgan fingerprint density at radius 2 is 1.56 bits per heavy atom. The van der Waals surface area contributed by atoms with E-state index in [4.69, 9.17) is 0 Å². The van der Waals surface area contributed by atoms with E-state index in [9.17, 15) is 14.7 Å². The number of benzene rings is 3. The molecule has 5 heteroatoms. The van der Waals surface area contributed by atoms with E-state index in [0.29, 0.717) is 16.8 Å². The zero-order valence-corrected chi connectivity index (χ0v) is 13.7. The lowest BCUT2D eigenvalue weighted by Gasteiger charge is -2.10. The first-order chi connectivity index (χ1) is 12.0. The summed E-state index contributed by atoms with van der Waals surface area (Å²) in [5, 5.41) is 17.0. The molecule has 25 heavy (non-hydrogen) atoms. The summed E-state index contributed by atoms with van der Waals surface area (Å²) in [5.74, 6) is -0.102. The number of hydrogen-bond donors (Lipinski definition) is 3. The highest BCUT2D eigenvalue weighted by Crippen LogP contribution is 2.29. The van der Waals surface area contributed by atoms with Gasteiger partial charge in [0.05, 0.1) is 6.42 Å². The molecular formula is C20H18N2O3. The predicted molar refractivity (Wildman–Crippen MR) is 98.7 cm³/mol. The number of aromatic hydroxyl groups is 1. The minimum Gasteiger partial charge on any atom is -0.507 e. The van der Waals surface area contributed by atoms with Crippen molar-refractivity contribution in [3.05, 3.63) is 66.2 Å². The van der Waals surface area contributed by atoms with Crippen LogP contribution in [0.5, 0.6) is 5.75 Å². The first-order valence-corrected chi connectivity index (χ1v) is 7.90. The van der Waals surface area contributed by atoms with E-state index in [2.05, 4.69) is 10.6 Å². The Bertz CT molecular complexity index is 933. The molecule has 3 rings (SSSR count). The Labute approximate surface area is 145 Å². The molecule has 0 aromatic heterocycles. The monoisotopic (exact) mass is 334 g/mol. The zero-order valence-electron chi connectivity index (χ0n) is 13.7. The number of amides is 2. The van der Waals surface area contributed by atoms with Crippen LogP contribution in [0, 0.1) is 0 Å². The molecule has 0 fully saturated rings. The minimum absolute atomic E-state index is 0.135. The topological polar surface area (TPSA) is 78.4 Å². The number of phenols is 1. The van der Waals surface area contributed by atoms with Gasteiger partial charge in [0.1, 0.15) is 5.75 Å². The fraction of sp³-hybridized carbons (Fsp3) is 0.100. The molecule has 5 nitrogen and oxygen atoms in total. The van der Waals surface area contributed by atoms with Crippen LogP contribution < -0.4 is 10.6 Å². The molecule has 0 radical (unpaired) electrons. The average Bonchev–Trinajstić information content (AvgIpc) is 2.57. The van der Waals surface area contributed by atoms with Crippen molar-refractivity contribution in [2.24, 2.45) is 0 Å². The summed E-state index contributed by atoms with van der Waals surface area (Å²) >= 11 is 0. The molecule has 126 valence electrons. The molecule has 3 N–H and O–H groups in total. The molecular weight excluding hydrogens is 316 g/mol. The predicted octanol–water partition coefficient (Wildman–Crippen LogP) is 3.69. The standard InChI is InChI=1S/C20H18N2O3/c1-13(23)21-15-10-8-14(9-11-15)12-20(25)22-18-6-2-5-17-16(18)4-3-7-19(17)24/h2-11,24H,12H2,1H3,(H,21,23)(H,22,25).